The van der Waals surface area contributed by atoms with E-state index >= 15 is 0 Å². The van der Waals surface area contributed by atoms with Crippen LogP contribution in [0.4, 0.5) is 0 Å². The van der Waals surface area contributed by atoms with Gasteiger partial charge in [-0.3, -0.25) is 4.79 Å². The molecule has 1 heterocycles. The molecule has 1 aromatic rings. The van der Waals surface area contributed by atoms with Crippen molar-refractivity contribution in [2.24, 2.45) is 11.8 Å². The van der Waals surface area contributed by atoms with Gasteiger partial charge in [0.1, 0.15) is 0 Å². The number of carbonyl (C=O) groups is 1. The molecule has 0 N–H and O–H groups in total. The number of benzene rings is 1. The van der Waals surface area contributed by atoms with Crippen LogP contribution < -0.4 is 0 Å². The van der Waals surface area contributed by atoms with Gasteiger partial charge in [-0.05, 0) is 61.8 Å². The van der Waals surface area contributed by atoms with Gasteiger partial charge in [0.2, 0.25) is 0 Å². The van der Waals surface area contributed by atoms with Gasteiger partial charge in [-0.25, -0.2) is 0 Å². The van der Waals surface area contributed by atoms with Gasteiger partial charge in [0.05, 0.1) is 0 Å². The van der Waals surface area contributed by atoms with Crippen molar-refractivity contribution in [2.75, 3.05) is 13.1 Å². The van der Waals surface area contributed by atoms with Crippen LogP contribution in [0.1, 0.15) is 49.0 Å². The molecule has 1 atom stereocenters. The number of carbonyl (C=O) groups excluding carboxylic acids is 1. The van der Waals surface area contributed by atoms with Gasteiger partial charge in [0, 0.05) is 23.1 Å². The Kier molecular flexibility index (Phi) is 5.25. The second kappa shape index (κ2) is 6.75. The number of nitrogens with zero attached hydrogens (tertiary/aromatic N) is 1. The molecule has 1 fully saturated rings. The summed E-state index contributed by atoms with van der Waals surface area (Å²) in [7, 11) is 0. The average molecular weight is 338 g/mol. The summed E-state index contributed by atoms with van der Waals surface area (Å²) >= 11 is 3.48. The molecule has 1 aromatic carbocycles. The quantitative estimate of drug-likeness (QED) is 0.768. The van der Waals surface area contributed by atoms with E-state index in [0.717, 1.165) is 53.4 Å². The molecule has 0 spiro atoms. The third kappa shape index (κ3) is 3.85. The van der Waals surface area contributed by atoms with Crippen LogP contribution in [0.15, 0.2) is 22.7 Å². The fourth-order valence-corrected chi connectivity index (χ4v) is 3.64. The number of hydrogen-bond acceptors (Lipinski definition) is 1. The highest BCUT2D eigenvalue weighted by atomic mass is 79.9. The maximum absolute atomic E-state index is 12.6. The molecular formula is C17H24BrNO. The molecule has 1 amide bonds. The van der Waals surface area contributed by atoms with Gasteiger partial charge in [-0.1, -0.05) is 29.8 Å². The molecule has 0 bridgehead atoms. The number of hydrogen-bond donors (Lipinski definition) is 0. The van der Waals surface area contributed by atoms with Crippen LogP contribution in [0.25, 0.3) is 0 Å². The molecule has 2 rings (SSSR count). The second-order valence-corrected chi connectivity index (χ2v) is 7.16. The average Bonchev–Trinajstić information content (AvgIpc) is 2.62. The lowest BCUT2D eigenvalue weighted by atomic mass is 9.89. The molecular weight excluding hydrogens is 314 g/mol. The summed E-state index contributed by atoms with van der Waals surface area (Å²) in [4.78, 5) is 14.7. The van der Waals surface area contributed by atoms with E-state index in [2.05, 4.69) is 29.8 Å². The predicted molar refractivity (Wildman–Crippen MR) is 87.0 cm³/mol. The van der Waals surface area contributed by atoms with Crippen molar-refractivity contribution < 1.29 is 4.79 Å². The molecule has 0 aromatic heterocycles. The summed E-state index contributed by atoms with van der Waals surface area (Å²) in [6, 6.07) is 5.95. The molecule has 1 aliphatic heterocycles. The van der Waals surface area contributed by atoms with Crippen LogP contribution in [0.3, 0.4) is 0 Å². The maximum Gasteiger partial charge on any atom is 0.253 e. The molecule has 20 heavy (non-hydrogen) atoms. The third-order valence-electron chi connectivity index (χ3n) is 4.29. The zero-order valence-corrected chi connectivity index (χ0v) is 14.2. The highest BCUT2D eigenvalue weighted by Gasteiger charge is 2.23. The van der Waals surface area contributed by atoms with E-state index in [1.54, 1.807) is 0 Å². The van der Waals surface area contributed by atoms with Crippen molar-refractivity contribution in [3.63, 3.8) is 0 Å². The van der Waals surface area contributed by atoms with Gasteiger partial charge in [-0.15, -0.1) is 0 Å². The zero-order chi connectivity index (χ0) is 14.7. The van der Waals surface area contributed by atoms with E-state index in [9.17, 15) is 4.79 Å². The van der Waals surface area contributed by atoms with Gasteiger partial charge in [0.25, 0.3) is 5.91 Å². The van der Waals surface area contributed by atoms with Gasteiger partial charge in [0.15, 0.2) is 0 Å². The van der Waals surface area contributed by atoms with Crippen molar-refractivity contribution in [3.05, 3.63) is 33.8 Å². The van der Waals surface area contributed by atoms with E-state index in [4.69, 9.17) is 0 Å². The first-order chi connectivity index (χ1) is 9.47. The zero-order valence-electron chi connectivity index (χ0n) is 12.7. The van der Waals surface area contributed by atoms with Crippen LogP contribution in [-0.4, -0.2) is 23.9 Å². The first kappa shape index (κ1) is 15.6. The van der Waals surface area contributed by atoms with Crippen molar-refractivity contribution in [3.8, 4) is 0 Å². The molecule has 0 radical (unpaired) electrons. The van der Waals surface area contributed by atoms with Crippen molar-refractivity contribution in [1.82, 2.24) is 4.90 Å². The number of halogens is 1. The van der Waals surface area contributed by atoms with Gasteiger partial charge in [-0.2, -0.15) is 0 Å². The molecule has 1 unspecified atom stereocenters. The Balaban J connectivity index is 2.09. The molecule has 1 saturated heterocycles. The van der Waals surface area contributed by atoms with Crippen molar-refractivity contribution >= 4 is 21.8 Å². The van der Waals surface area contributed by atoms with Gasteiger partial charge >= 0.3 is 0 Å². The van der Waals surface area contributed by atoms with E-state index < -0.39 is 0 Å². The number of likely N-dealkylation sites (tertiary alicyclic amines) is 1. The minimum atomic E-state index is 0.179. The lowest BCUT2D eigenvalue weighted by molar-refractivity contribution is 0.0758. The summed E-state index contributed by atoms with van der Waals surface area (Å²) in [6.07, 6.45) is 3.51. The fourth-order valence-electron chi connectivity index (χ4n) is 3.03. The van der Waals surface area contributed by atoms with E-state index in [0.29, 0.717) is 0 Å². The van der Waals surface area contributed by atoms with Crippen LogP contribution in [0.5, 0.6) is 0 Å². The lowest BCUT2D eigenvalue weighted by Gasteiger charge is -2.22. The molecule has 0 aliphatic carbocycles. The first-order valence-corrected chi connectivity index (χ1v) is 8.33. The highest BCUT2D eigenvalue weighted by Crippen LogP contribution is 2.25. The maximum atomic E-state index is 12.6. The SMILES string of the molecule is Cc1cc(Br)cc(C(=O)N2CCCC(C(C)C)CC2)c1. The largest absolute Gasteiger partial charge is 0.339 e. The Morgan fingerprint density at radius 2 is 2.00 bits per heavy atom. The van der Waals surface area contributed by atoms with Crippen LogP contribution >= 0.6 is 15.9 Å². The minimum absolute atomic E-state index is 0.179. The Morgan fingerprint density at radius 1 is 1.25 bits per heavy atom. The summed E-state index contributed by atoms with van der Waals surface area (Å²) in [6.45, 7) is 8.40. The molecule has 1 aliphatic rings. The van der Waals surface area contributed by atoms with E-state index in [1.807, 2.05) is 30.0 Å². The standard InChI is InChI=1S/C17H24BrNO/c1-12(2)14-5-4-7-19(8-6-14)17(20)15-9-13(3)10-16(18)11-15/h9-12,14H,4-8H2,1-3H3. The van der Waals surface area contributed by atoms with Crippen LogP contribution in [0.2, 0.25) is 0 Å². The van der Waals surface area contributed by atoms with E-state index in [1.165, 1.54) is 6.42 Å². The van der Waals surface area contributed by atoms with E-state index in [-0.39, 0.29) is 5.91 Å². The van der Waals surface area contributed by atoms with Crippen LogP contribution in [-0.2, 0) is 0 Å². The minimum Gasteiger partial charge on any atom is -0.339 e. The molecule has 2 nitrogen and oxygen atoms in total. The summed E-state index contributed by atoms with van der Waals surface area (Å²) in [5.74, 6) is 1.66. The lowest BCUT2D eigenvalue weighted by Crippen LogP contribution is -2.32. The van der Waals surface area contributed by atoms with Crippen LogP contribution in [0, 0.1) is 18.8 Å². The smallest absolute Gasteiger partial charge is 0.253 e. The summed E-state index contributed by atoms with van der Waals surface area (Å²) in [5.41, 5.74) is 1.93. The predicted octanol–water partition coefficient (Wildman–Crippen LogP) is 4.66. The summed E-state index contributed by atoms with van der Waals surface area (Å²) in [5, 5.41) is 0. The third-order valence-corrected chi connectivity index (χ3v) is 4.75. The topological polar surface area (TPSA) is 20.3 Å². The van der Waals surface area contributed by atoms with Crippen molar-refractivity contribution in [1.29, 1.82) is 0 Å². The highest BCUT2D eigenvalue weighted by molar-refractivity contribution is 9.10. The first-order valence-electron chi connectivity index (χ1n) is 7.54. The molecule has 0 saturated carbocycles. The van der Waals surface area contributed by atoms with Crippen molar-refractivity contribution in [2.45, 2.75) is 40.0 Å². The molecule has 110 valence electrons. The Morgan fingerprint density at radius 3 is 2.65 bits per heavy atom. The number of amides is 1. The Labute approximate surface area is 130 Å². The monoisotopic (exact) mass is 337 g/mol. The Bertz CT molecular complexity index is 464. The molecule has 3 heteroatoms. The summed E-state index contributed by atoms with van der Waals surface area (Å²) < 4.78 is 0.982. The number of aryl methyl sites for hydroxylation is 1. The fraction of sp³-hybridized carbons (Fsp3) is 0.588. The second-order valence-electron chi connectivity index (χ2n) is 6.24. The normalized spacial score (nSPS) is 20.1. The Hall–Kier alpha value is -0.830. The van der Waals surface area contributed by atoms with Gasteiger partial charge < -0.3 is 4.90 Å². The number of rotatable bonds is 2.